The number of carbonyl (C=O) groups is 1. The Balaban J connectivity index is 1.40. The second-order valence-electron chi connectivity index (χ2n) is 6.30. The molecule has 3 heterocycles. The highest BCUT2D eigenvalue weighted by molar-refractivity contribution is 5.79. The summed E-state index contributed by atoms with van der Waals surface area (Å²) < 4.78 is 15.1. The molecule has 2 N–H and O–H groups in total. The van der Waals surface area contributed by atoms with Gasteiger partial charge in [0, 0.05) is 18.2 Å². The van der Waals surface area contributed by atoms with Gasteiger partial charge < -0.3 is 14.7 Å². The summed E-state index contributed by atoms with van der Waals surface area (Å²) in [7, 11) is 0. The summed E-state index contributed by atoms with van der Waals surface area (Å²) in [6, 6.07) is 11.7. The van der Waals surface area contributed by atoms with Crippen LogP contribution < -0.4 is 10.9 Å². The lowest BCUT2D eigenvalue weighted by molar-refractivity contribution is -0.121. The van der Waals surface area contributed by atoms with Gasteiger partial charge in [0.2, 0.25) is 5.91 Å². The van der Waals surface area contributed by atoms with E-state index in [1.165, 1.54) is 12.1 Å². The van der Waals surface area contributed by atoms with Gasteiger partial charge in [-0.3, -0.25) is 9.59 Å². The number of pyridine rings is 2. The minimum atomic E-state index is -0.406. The minimum Gasteiger partial charge on any atom is -0.349 e. The van der Waals surface area contributed by atoms with Gasteiger partial charge in [0.15, 0.2) is 0 Å². The Hall–Kier alpha value is -3.48. The van der Waals surface area contributed by atoms with Gasteiger partial charge in [0.1, 0.15) is 11.6 Å². The smallest absolute Gasteiger partial charge is 0.251 e. The number of nitrogens with zero attached hydrogens (tertiary/aromatic N) is 2. The molecule has 4 aromatic rings. The van der Waals surface area contributed by atoms with E-state index in [9.17, 15) is 14.0 Å². The van der Waals surface area contributed by atoms with Crippen molar-refractivity contribution in [2.24, 2.45) is 0 Å². The lowest BCUT2D eigenvalue weighted by Gasteiger charge is -2.06. The number of hydrogen-bond acceptors (Lipinski definition) is 3. The molecule has 0 spiro atoms. The molecule has 0 aliphatic rings. The molecular weight excluding hydrogens is 347 g/mol. The Morgan fingerprint density at radius 2 is 2.11 bits per heavy atom. The highest BCUT2D eigenvalue weighted by Crippen LogP contribution is 2.13. The van der Waals surface area contributed by atoms with E-state index >= 15 is 0 Å². The third-order valence-electron chi connectivity index (χ3n) is 4.47. The Labute approximate surface area is 153 Å². The van der Waals surface area contributed by atoms with Gasteiger partial charge in [0.25, 0.3) is 5.56 Å². The molecule has 3 aromatic heterocycles. The lowest BCUT2D eigenvalue weighted by Crippen LogP contribution is -2.25. The number of carbonyl (C=O) groups excluding carboxylic acids is 1. The maximum Gasteiger partial charge on any atom is 0.251 e. The normalized spacial score (nSPS) is 11.1. The zero-order valence-electron chi connectivity index (χ0n) is 14.4. The largest absolute Gasteiger partial charge is 0.349 e. The van der Waals surface area contributed by atoms with Gasteiger partial charge in [0.05, 0.1) is 23.8 Å². The van der Waals surface area contributed by atoms with Gasteiger partial charge in [-0.15, -0.1) is 0 Å². The second kappa shape index (κ2) is 7.03. The van der Waals surface area contributed by atoms with Crippen LogP contribution in [0.4, 0.5) is 4.39 Å². The molecule has 0 aliphatic heterocycles. The van der Waals surface area contributed by atoms with Crippen molar-refractivity contribution in [1.29, 1.82) is 0 Å². The van der Waals surface area contributed by atoms with E-state index in [0.29, 0.717) is 24.0 Å². The molecule has 27 heavy (non-hydrogen) atoms. The molecule has 0 unspecified atom stereocenters. The van der Waals surface area contributed by atoms with Crippen molar-refractivity contribution in [3.8, 4) is 0 Å². The molecule has 136 valence electrons. The number of imidazole rings is 1. The number of halogens is 1. The minimum absolute atomic E-state index is 0.165. The molecule has 0 fully saturated rings. The summed E-state index contributed by atoms with van der Waals surface area (Å²) in [4.78, 5) is 31.2. The van der Waals surface area contributed by atoms with Crippen molar-refractivity contribution in [1.82, 2.24) is 19.7 Å². The number of nitrogens with one attached hydrogen (secondary N) is 2. The maximum absolute atomic E-state index is 13.2. The number of amides is 1. The summed E-state index contributed by atoms with van der Waals surface area (Å²) >= 11 is 0. The van der Waals surface area contributed by atoms with E-state index < -0.39 is 5.82 Å². The van der Waals surface area contributed by atoms with Crippen LogP contribution in [0, 0.1) is 5.82 Å². The standard InChI is InChI=1S/C20H17FN4O2/c21-15-6-4-13-9-14(20(27)24-17(13)10-15)5-7-19(26)23-12-18-22-11-16-3-1-2-8-25(16)18/h1-4,6,8-11H,5,7,12H2,(H,23,26)(H,24,27). The van der Waals surface area contributed by atoms with Crippen LogP contribution in [0.15, 0.2) is 59.7 Å². The Bertz CT molecular complexity index is 1200. The number of aromatic amines is 1. The SMILES string of the molecule is O=C(CCc1cc2ccc(F)cc2[nH]c1=O)NCc1ncc2ccccn12. The Morgan fingerprint density at radius 3 is 3.00 bits per heavy atom. The first kappa shape index (κ1) is 17.0. The molecule has 0 bridgehead atoms. The van der Waals surface area contributed by atoms with Gasteiger partial charge in [-0.25, -0.2) is 9.37 Å². The van der Waals surface area contributed by atoms with Crippen molar-refractivity contribution in [3.05, 3.63) is 82.4 Å². The van der Waals surface area contributed by atoms with Crippen molar-refractivity contribution in [3.63, 3.8) is 0 Å². The van der Waals surface area contributed by atoms with Gasteiger partial charge in [-0.2, -0.15) is 0 Å². The van der Waals surface area contributed by atoms with Crippen LogP contribution in [0.25, 0.3) is 16.4 Å². The summed E-state index contributed by atoms with van der Waals surface area (Å²) in [5, 5.41) is 3.56. The first-order valence-corrected chi connectivity index (χ1v) is 8.59. The predicted octanol–water partition coefficient (Wildman–Crippen LogP) is 2.56. The van der Waals surface area contributed by atoms with Crippen LogP contribution in [0.1, 0.15) is 17.8 Å². The van der Waals surface area contributed by atoms with Crippen LogP contribution in [0.3, 0.4) is 0 Å². The van der Waals surface area contributed by atoms with Gasteiger partial charge >= 0.3 is 0 Å². The number of benzene rings is 1. The fourth-order valence-corrected chi connectivity index (χ4v) is 3.05. The van der Waals surface area contributed by atoms with Crippen LogP contribution in [-0.2, 0) is 17.8 Å². The second-order valence-corrected chi connectivity index (χ2v) is 6.30. The van der Waals surface area contributed by atoms with Crippen LogP contribution in [0.5, 0.6) is 0 Å². The number of aromatic nitrogens is 3. The summed E-state index contributed by atoms with van der Waals surface area (Å²) in [5.41, 5.74) is 1.59. The van der Waals surface area contributed by atoms with E-state index in [1.54, 1.807) is 18.3 Å². The zero-order chi connectivity index (χ0) is 18.8. The fraction of sp³-hybridized carbons (Fsp3) is 0.150. The maximum atomic E-state index is 13.2. The highest BCUT2D eigenvalue weighted by atomic mass is 19.1. The van der Waals surface area contributed by atoms with E-state index in [4.69, 9.17) is 0 Å². The van der Waals surface area contributed by atoms with Crippen molar-refractivity contribution >= 4 is 22.3 Å². The van der Waals surface area contributed by atoms with Crippen LogP contribution in [-0.4, -0.2) is 20.3 Å². The zero-order valence-corrected chi connectivity index (χ0v) is 14.4. The lowest BCUT2D eigenvalue weighted by atomic mass is 10.1. The Kier molecular flexibility index (Phi) is 4.42. The summed E-state index contributed by atoms with van der Waals surface area (Å²) in [6.45, 7) is 0.310. The van der Waals surface area contributed by atoms with Crippen molar-refractivity contribution < 1.29 is 9.18 Å². The number of H-pyrrole nitrogens is 1. The molecule has 0 aliphatic carbocycles. The van der Waals surface area contributed by atoms with Crippen molar-refractivity contribution in [2.45, 2.75) is 19.4 Å². The molecule has 6 nitrogen and oxygen atoms in total. The molecule has 1 amide bonds. The van der Waals surface area contributed by atoms with E-state index in [-0.39, 0.29) is 17.9 Å². The van der Waals surface area contributed by atoms with Gasteiger partial charge in [-0.05, 0) is 48.2 Å². The average molecular weight is 364 g/mol. The molecule has 0 saturated heterocycles. The highest BCUT2D eigenvalue weighted by Gasteiger charge is 2.09. The van der Waals surface area contributed by atoms with E-state index in [1.807, 2.05) is 28.8 Å². The number of rotatable bonds is 5. The monoisotopic (exact) mass is 364 g/mol. The fourth-order valence-electron chi connectivity index (χ4n) is 3.05. The number of aryl methyl sites for hydroxylation is 1. The molecule has 0 atom stereocenters. The van der Waals surface area contributed by atoms with Crippen molar-refractivity contribution in [2.75, 3.05) is 0 Å². The molecule has 1 aromatic carbocycles. The quantitative estimate of drug-likeness (QED) is 0.571. The molecular formula is C20H17FN4O2. The molecule has 4 rings (SSSR count). The van der Waals surface area contributed by atoms with Crippen LogP contribution >= 0.6 is 0 Å². The van der Waals surface area contributed by atoms with E-state index in [2.05, 4.69) is 15.3 Å². The predicted molar refractivity (Wildman–Crippen MR) is 99.9 cm³/mol. The van der Waals surface area contributed by atoms with E-state index in [0.717, 1.165) is 16.7 Å². The number of fused-ring (bicyclic) bond motifs is 2. The third-order valence-corrected chi connectivity index (χ3v) is 4.47. The molecule has 0 radical (unpaired) electrons. The van der Waals surface area contributed by atoms with Crippen LogP contribution in [0.2, 0.25) is 0 Å². The number of hydrogen-bond donors (Lipinski definition) is 2. The average Bonchev–Trinajstić information content (AvgIpc) is 3.08. The molecule has 7 heteroatoms. The first-order valence-electron chi connectivity index (χ1n) is 8.59. The first-order chi connectivity index (χ1) is 13.1. The van der Waals surface area contributed by atoms with Gasteiger partial charge in [-0.1, -0.05) is 6.07 Å². The molecule has 0 saturated carbocycles. The Morgan fingerprint density at radius 1 is 1.22 bits per heavy atom. The summed E-state index contributed by atoms with van der Waals surface area (Å²) in [5.74, 6) is 0.169. The summed E-state index contributed by atoms with van der Waals surface area (Å²) in [6.07, 6.45) is 4.12. The third kappa shape index (κ3) is 3.57. The topological polar surface area (TPSA) is 79.3 Å².